The summed E-state index contributed by atoms with van der Waals surface area (Å²) in [5, 5.41) is 51.7. The van der Waals surface area contributed by atoms with E-state index >= 15 is 0 Å². The lowest BCUT2D eigenvalue weighted by Gasteiger charge is -2.16. The van der Waals surface area contributed by atoms with E-state index in [4.69, 9.17) is 70.2 Å². The number of anilines is 3. The number of phenolic OH excluding ortho intramolecular Hbond substituents is 4. The molecule has 17 N–H and O–H groups in total. The van der Waals surface area contributed by atoms with Gasteiger partial charge in [-0.2, -0.15) is 0 Å². The number of rotatable bonds is 37. The van der Waals surface area contributed by atoms with Crippen molar-refractivity contribution >= 4 is 117 Å². The van der Waals surface area contributed by atoms with E-state index in [1.807, 2.05) is 81.5 Å². The van der Waals surface area contributed by atoms with E-state index in [0.29, 0.717) is 148 Å². The highest BCUT2D eigenvalue weighted by atomic mass is 31.2. The number of carbonyl (C=O) groups excluding carboxylic acids is 3. The molecule has 0 fully saturated rings. The highest BCUT2D eigenvalue weighted by molar-refractivity contribution is 7.47. The van der Waals surface area contributed by atoms with Gasteiger partial charge < -0.3 is 90.5 Å². The van der Waals surface area contributed by atoms with E-state index in [0.717, 1.165) is 117 Å². The Bertz CT molecular complexity index is 5920. The molecule has 6 heterocycles. The summed E-state index contributed by atoms with van der Waals surface area (Å²) in [5.41, 5.74) is 29.5. The van der Waals surface area contributed by atoms with Crippen LogP contribution in [-0.4, -0.2) is 161 Å². The van der Waals surface area contributed by atoms with Crippen molar-refractivity contribution < 1.29 is 86.8 Å². The lowest BCUT2D eigenvalue weighted by Crippen LogP contribution is -2.25. The summed E-state index contributed by atoms with van der Waals surface area (Å²) >= 11 is 0. The minimum Gasteiger partial charge on any atom is -0.508 e. The number of nitrogen functional groups attached to an aromatic ring is 3. The van der Waals surface area contributed by atoms with Gasteiger partial charge in [0, 0.05) is 71.7 Å². The van der Waals surface area contributed by atoms with Crippen LogP contribution in [0.15, 0.2) is 109 Å². The topological polar surface area (TPSA) is 500 Å². The molecule has 0 saturated carbocycles. The van der Waals surface area contributed by atoms with E-state index < -0.39 is 33.4 Å². The van der Waals surface area contributed by atoms with Gasteiger partial charge in [0.15, 0.2) is 40.5 Å². The predicted octanol–water partition coefficient (Wildman–Crippen LogP) is 9.36. The molecule has 6 aromatic carbocycles. The van der Waals surface area contributed by atoms with Gasteiger partial charge in [0.25, 0.3) is 17.7 Å². The molecule has 6 aromatic heterocycles. The fourth-order valence-corrected chi connectivity index (χ4v) is 14.2. The number of nitrogens with zero attached hydrogens (tertiary/aromatic N) is 9. The van der Waals surface area contributed by atoms with Crippen LogP contribution in [0.25, 0.3) is 65.8 Å². The van der Waals surface area contributed by atoms with Gasteiger partial charge in [0.05, 0.1) is 92.4 Å². The Balaban J connectivity index is 0.000000188. The Morgan fingerprint density at radius 1 is 0.437 bits per heavy atom. The van der Waals surface area contributed by atoms with Gasteiger partial charge in [-0.3, -0.25) is 34.0 Å². The highest BCUT2D eigenvalue weighted by Crippen LogP contribution is 2.46. The van der Waals surface area contributed by atoms with Crippen molar-refractivity contribution in [1.82, 2.24) is 59.6 Å². The van der Waals surface area contributed by atoms with Crippen LogP contribution in [0.2, 0.25) is 0 Å². The molecule has 0 aliphatic carbocycles. The van der Waals surface area contributed by atoms with Crippen LogP contribution in [0.4, 0.5) is 17.5 Å². The maximum absolute atomic E-state index is 11.6. The van der Waals surface area contributed by atoms with Crippen molar-refractivity contribution in [3.05, 3.63) is 160 Å². The zero-order valence-corrected chi connectivity index (χ0v) is 67.7. The Hall–Kier alpha value is -12.6. The normalized spacial score (nSPS) is 11.4. The minimum atomic E-state index is -4.94. The molecule has 0 unspecified atom stereocenters. The molecular formula is C84H95N15O18P2. The van der Waals surface area contributed by atoms with E-state index in [1.54, 1.807) is 30.3 Å². The third kappa shape index (κ3) is 23.6. The summed E-state index contributed by atoms with van der Waals surface area (Å²) in [6.07, 6.45) is 24.5. The first-order chi connectivity index (χ1) is 57.1. The second-order valence-corrected chi connectivity index (χ2v) is 29.9. The second kappa shape index (κ2) is 41.5. The zero-order valence-electron chi connectivity index (χ0n) is 65.9. The van der Waals surface area contributed by atoms with Crippen LogP contribution in [-0.2, 0) is 95.9 Å². The van der Waals surface area contributed by atoms with Gasteiger partial charge in [-0.15, -0.1) is 19.3 Å². The summed E-state index contributed by atoms with van der Waals surface area (Å²) in [6.45, 7) is 10.2. The first kappa shape index (κ1) is 88.8. The molecule has 0 aliphatic heterocycles. The molecular weight excluding hydrogens is 1570 g/mol. The molecule has 0 bridgehead atoms. The van der Waals surface area contributed by atoms with Crippen LogP contribution in [0, 0.1) is 37.0 Å². The Kier molecular flexibility index (Phi) is 31.0. The molecule has 12 aromatic rings. The Labute approximate surface area is 685 Å². The molecule has 35 heteroatoms. The van der Waals surface area contributed by atoms with Crippen LogP contribution < -0.4 is 42.2 Å². The number of phenols is 4. The summed E-state index contributed by atoms with van der Waals surface area (Å²) in [4.78, 5) is 98.9. The molecule has 33 nitrogen and oxygen atoms in total. The molecule has 0 atom stereocenters. The third-order valence-corrected chi connectivity index (χ3v) is 19.9. The first-order valence-electron chi connectivity index (χ1n) is 38.4. The number of nitrogens with one attached hydrogen (secondary N) is 3. The monoisotopic (exact) mass is 1660 g/mol. The van der Waals surface area contributed by atoms with Crippen LogP contribution in [0.3, 0.4) is 0 Å². The summed E-state index contributed by atoms with van der Waals surface area (Å²) in [7, 11) is -9.80. The number of fused-ring (bicyclic) bond motifs is 9. The molecule has 0 saturated heterocycles. The van der Waals surface area contributed by atoms with Crippen LogP contribution >= 0.6 is 15.6 Å². The Morgan fingerprint density at radius 3 is 1.18 bits per heavy atom. The number of para-hydroxylation sites is 2. The molecule has 119 heavy (non-hydrogen) atoms. The van der Waals surface area contributed by atoms with E-state index in [-0.39, 0.29) is 59.2 Å². The van der Waals surface area contributed by atoms with Crippen LogP contribution in [0.5, 0.6) is 34.5 Å². The molecule has 624 valence electrons. The summed E-state index contributed by atoms with van der Waals surface area (Å²) < 4.78 is 55.3. The molecule has 0 spiro atoms. The molecule has 0 aliphatic rings. The molecule has 3 amide bonds. The van der Waals surface area contributed by atoms with Crippen molar-refractivity contribution in [2.75, 3.05) is 76.5 Å². The lowest BCUT2D eigenvalue weighted by molar-refractivity contribution is -0.116. The predicted molar refractivity (Wildman–Crippen MR) is 452 cm³/mol. The van der Waals surface area contributed by atoms with E-state index in [1.165, 1.54) is 24.3 Å². The van der Waals surface area contributed by atoms with Crippen molar-refractivity contribution in [2.45, 2.75) is 117 Å². The maximum Gasteiger partial charge on any atom is 0.524 e. The number of hydrogen-bond donors (Lipinski definition) is 14. The van der Waals surface area contributed by atoms with Gasteiger partial charge in [-0.05, 0) is 122 Å². The summed E-state index contributed by atoms with van der Waals surface area (Å²) in [6, 6.07) is 31.2. The molecule has 12 rings (SSSR count). The fraction of sp³-hybridized carbons (Fsp3) is 0.321. The number of imidazole rings is 3. The van der Waals surface area contributed by atoms with Gasteiger partial charge >= 0.3 is 15.6 Å². The number of hydrogen-bond acceptors (Lipinski definition) is 23. The summed E-state index contributed by atoms with van der Waals surface area (Å²) in [5.74, 6) is 6.57. The van der Waals surface area contributed by atoms with Crippen LogP contribution in [0.1, 0.15) is 110 Å². The number of ether oxygens (including phenoxy) is 3. The highest BCUT2D eigenvalue weighted by Gasteiger charge is 2.27. The van der Waals surface area contributed by atoms with Crippen molar-refractivity contribution in [3.8, 4) is 71.5 Å². The number of phosphoric ester groups is 2. The average Bonchev–Trinajstić information content (AvgIpc) is 1.63. The minimum absolute atomic E-state index is 0.0867. The number of amides is 3. The number of aryl methyl sites for hydroxylation is 3. The number of pyridine rings is 3. The smallest absolute Gasteiger partial charge is 0.508 e. The zero-order chi connectivity index (χ0) is 85.5. The number of carbonyl (C=O) groups is 3. The number of terminal acetylenes is 3. The van der Waals surface area contributed by atoms with E-state index in [9.17, 15) is 63.5 Å². The van der Waals surface area contributed by atoms with Gasteiger partial charge in [0.2, 0.25) is 0 Å². The largest absolute Gasteiger partial charge is 0.524 e. The van der Waals surface area contributed by atoms with Crippen molar-refractivity contribution in [2.24, 2.45) is 0 Å². The van der Waals surface area contributed by atoms with Gasteiger partial charge in [-0.25, -0.2) is 39.0 Å². The molecule has 0 radical (unpaired) electrons. The second-order valence-electron chi connectivity index (χ2n) is 27.6. The first-order valence-corrected chi connectivity index (χ1v) is 41.5. The average molecular weight is 1660 g/mol. The van der Waals surface area contributed by atoms with E-state index in [2.05, 4.69) is 60.8 Å². The number of unbranched alkanes of at least 4 members (excludes halogenated alkanes) is 3. The number of phosphoric acid groups is 2. The number of benzene rings is 6. The quantitative estimate of drug-likeness (QED) is 0.00745. The SMILES string of the molecule is C#CC(=O)NCCOCCc1ccc2c(c1)nc(N)c1nc(CCCC)n(Cc3cc(O)ccc3O)c12.C#CC(=O)NCCOCCc1ccc2c(c1)nc(N)c1nc(CCCC)n(Cc3cccc(O)c3OP(=O)(O)O)c12.C#CC(=O)NCCOCCc1ccc2c(c1)nc(N)c1nc(CCCC)n(Cc3cccc(OP(=O)(O)O)c3O)c12. The standard InChI is InChI=1S/2C28H32N5O7P.C28H31N5O4/c1-3-5-9-23-32-25-26(33(23)17-19-7-6-8-22(27(19)35)40-41(36,37)38)20-11-10-18(16-21(20)31-28(25)29)12-14-39-15-13-30-24(34)4-2;1-3-5-9-23-32-25-26(33(23)17-19-7-6-8-22(34)27(19)40-41(36,37)38)20-11-10-18(16-21(20)31-28(25)29)12-14-39-15-13-30-24(35)4-2;1-3-5-6-24-32-26-27(33(24)17-19-16-20(34)8-10-23(19)35)21-9-7-18(15-22(21)31-28(26)29)11-13-37-14-12-30-25(36)4-2/h2,6-8,10-11,16,35H,3,5,9,12-15,17H2,1H3,(H2,29,31)(H,30,34)(H2,36,37,38);2,6-8,10-11,16,34H,3,5,9,12-15,17H2,1H3,(H2,29,31)(H,30,35)(H2,36,37,38);2,7-10,15-16,34-35H,3,5-6,11-14,17H2,1H3,(H2,29,31)(H,30,36). The lowest BCUT2D eigenvalue weighted by atomic mass is 10.1. The number of aromatic nitrogens is 9. The fourth-order valence-electron chi connectivity index (χ4n) is 13.3. The van der Waals surface area contributed by atoms with Crippen molar-refractivity contribution in [3.63, 3.8) is 0 Å². The van der Waals surface area contributed by atoms with Gasteiger partial charge in [0.1, 0.15) is 45.5 Å². The number of nitrogens with two attached hydrogens (primary N) is 3. The Morgan fingerprint density at radius 2 is 0.807 bits per heavy atom. The van der Waals surface area contributed by atoms with Crippen molar-refractivity contribution in [1.29, 1.82) is 0 Å². The third-order valence-electron chi connectivity index (χ3n) is 19.0. The maximum atomic E-state index is 11.6. The van der Waals surface area contributed by atoms with Gasteiger partial charge in [-0.1, -0.05) is 101 Å². The number of aromatic hydroxyl groups is 4.